The first-order valence-electron chi connectivity index (χ1n) is 9.14. The molecule has 5 nitrogen and oxygen atoms in total. The molecule has 0 bridgehead atoms. The maximum absolute atomic E-state index is 12.3. The summed E-state index contributed by atoms with van der Waals surface area (Å²) in [5.74, 6) is -2.26. The summed E-state index contributed by atoms with van der Waals surface area (Å²) in [5, 5.41) is 16.3. The smallest absolute Gasteiger partial charge is 0.346 e. The van der Waals surface area contributed by atoms with Crippen molar-refractivity contribution in [2.24, 2.45) is 0 Å². The largest absolute Gasteiger partial charge is 0.478 e. The highest BCUT2D eigenvalue weighted by Crippen LogP contribution is 2.44. The van der Waals surface area contributed by atoms with Crippen molar-refractivity contribution in [2.75, 3.05) is 0 Å². The molecule has 0 unspecified atom stereocenters. The van der Waals surface area contributed by atoms with Gasteiger partial charge in [-0.05, 0) is 63.0 Å². The molecule has 1 N–H and O–H groups in total. The highest BCUT2D eigenvalue weighted by molar-refractivity contribution is 6.38. The quantitative estimate of drug-likeness (QED) is 0.190. The molecule has 5 heteroatoms. The fourth-order valence-corrected chi connectivity index (χ4v) is 4.77. The van der Waals surface area contributed by atoms with Crippen molar-refractivity contribution >= 4 is 61.0 Å². The standard InChI is InChI=1S/C24H12O5/c1-10-2-3-11-13-5-8-16-21-17(24(28)29-23(16)27)9-6-14(20(13)21)12-4-7-15(22(25)26)18(10)19(11)12/h2-9H,1H3,(H,25,26). The minimum Gasteiger partial charge on any atom is -0.478 e. The van der Waals surface area contributed by atoms with E-state index in [1.54, 1.807) is 18.2 Å². The average Bonchev–Trinajstić information content (AvgIpc) is 2.71. The van der Waals surface area contributed by atoms with Gasteiger partial charge in [0.05, 0.1) is 16.7 Å². The number of rotatable bonds is 1. The molecule has 0 aliphatic carbocycles. The van der Waals surface area contributed by atoms with Gasteiger partial charge in [-0.25, -0.2) is 14.4 Å². The van der Waals surface area contributed by atoms with E-state index in [4.69, 9.17) is 4.74 Å². The predicted octanol–water partition coefficient (Wildman–Crippen LogP) is 5.05. The minimum atomic E-state index is -0.971. The molecule has 0 spiro atoms. The summed E-state index contributed by atoms with van der Waals surface area (Å²) < 4.78 is 4.88. The fraction of sp³-hybridized carbons (Fsp3) is 0.0417. The van der Waals surface area contributed by atoms with E-state index in [2.05, 4.69) is 0 Å². The van der Waals surface area contributed by atoms with Crippen LogP contribution in [0, 0.1) is 6.92 Å². The maximum Gasteiger partial charge on any atom is 0.346 e. The van der Waals surface area contributed by atoms with Crippen LogP contribution < -0.4 is 0 Å². The Morgan fingerprint density at radius 2 is 1.17 bits per heavy atom. The Bertz CT molecular complexity index is 1520. The lowest BCUT2D eigenvalue weighted by atomic mass is 9.84. The van der Waals surface area contributed by atoms with E-state index in [1.807, 2.05) is 37.3 Å². The Morgan fingerprint density at radius 1 is 0.690 bits per heavy atom. The van der Waals surface area contributed by atoms with E-state index in [0.29, 0.717) is 21.9 Å². The summed E-state index contributed by atoms with van der Waals surface area (Å²) in [6, 6.07) is 14.4. The molecule has 5 aromatic rings. The van der Waals surface area contributed by atoms with Crippen LogP contribution in [0.15, 0.2) is 48.5 Å². The van der Waals surface area contributed by atoms with Crippen molar-refractivity contribution in [1.29, 1.82) is 0 Å². The summed E-state index contributed by atoms with van der Waals surface area (Å²) in [7, 11) is 0. The summed E-state index contributed by atoms with van der Waals surface area (Å²) in [6.07, 6.45) is 0. The van der Waals surface area contributed by atoms with Gasteiger partial charge in [0.1, 0.15) is 0 Å². The number of carbonyl (C=O) groups excluding carboxylic acids is 2. The van der Waals surface area contributed by atoms with Crippen molar-refractivity contribution in [2.45, 2.75) is 6.92 Å². The predicted molar refractivity (Wildman–Crippen MR) is 109 cm³/mol. The highest BCUT2D eigenvalue weighted by Gasteiger charge is 2.29. The van der Waals surface area contributed by atoms with Crippen LogP contribution in [-0.2, 0) is 4.74 Å². The van der Waals surface area contributed by atoms with E-state index in [9.17, 15) is 19.5 Å². The number of carbonyl (C=O) groups is 3. The number of aryl methyl sites for hydroxylation is 1. The molecular formula is C24H12O5. The third-order valence-electron chi connectivity index (χ3n) is 5.97. The molecular weight excluding hydrogens is 368 g/mol. The average molecular weight is 380 g/mol. The van der Waals surface area contributed by atoms with Crippen LogP contribution in [0.25, 0.3) is 43.1 Å². The number of carboxylic acids is 1. The lowest BCUT2D eigenvalue weighted by molar-refractivity contribution is 0.0390. The molecule has 6 rings (SSSR count). The van der Waals surface area contributed by atoms with Crippen molar-refractivity contribution in [3.8, 4) is 0 Å². The molecule has 0 saturated carbocycles. The molecule has 1 heterocycles. The number of benzene rings is 5. The molecule has 0 atom stereocenters. The summed E-state index contributed by atoms with van der Waals surface area (Å²) in [6.45, 7) is 1.90. The zero-order chi connectivity index (χ0) is 20.0. The van der Waals surface area contributed by atoms with Gasteiger partial charge in [0.15, 0.2) is 0 Å². The number of aromatic carboxylic acids is 1. The van der Waals surface area contributed by atoms with Crippen molar-refractivity contribution in [3.63, 3.8) is 0 Å². The Kier molecular flexibility index (Phi) is 2.81. The number of cyclic esters (lactones) is 2. The minimum absolute atomic E-state index is 0.260. The van der Waals surface area contributed by atoms with E-state index in [-0.39, 0.29) is 5.56 Å². The Hall–Kier alpha value is -3.99. The maximum atomic E-state index is 12.3. The molecule has 1 aliphatic rings. The van der Waals surface area contributed by atoms with Gasteiger partial charge in [0, 0.05) is 10.8 Å². The van der Waals surface area contributed by atoms with Crippen LogP contribution in [0.5, 0.6) is 0 Å². The van der Waals surface area contributed by atoms with Crippen molar-refractivity contribution < 1.29 is 24.2 Å². The van der Waals surface area contributed by atoms with E-state index in [1.165, 1.54) is 0 Å². The first-order valence-corrected chi connectivity index (χ1v) is 9.14. The lowest BCUT2D eigenvalue weighted by Gasteiger charge is -2.21. The first-order chi connectivity index (χ1) is 14.0. The number of fused-ring (bicyclic) bond motifs is 2. The molecule has 29 heavy (non-hydrogen) atoms. The third kappa shape index (κ3) is 1.82. The number of carboxylic acid groups (broad SMARTS) is 1. The van der Waals surface area contributed by atoms with Gasteiger partial charge >= 0.3 is 17.9 Å². The monoisotopic (exact) mass is 380 g/mol. The number of hydrogen-bond acceptors (Lipinski definition) is 4. The van der Waals surface area contributed by atoms with E-state index >= 15 is 0 Å². The van der Waals surface area contributed by atoms with Crippen LogP contribution in [-0.4, -0.2) is 23.0 Å². The third-order valence-corrected chi connectivity index (χ3v) is 5.97. The SMILES string of the molecule is Cc1ccc2c3ccc4c5c(ccc(c6ccc(C(=O)O)c1c26)c53)C(=O)OC4=O. The first kappa shape index (κ1) is 16.0. The van der Waals surface area contributed by atoms with Gasteiger partial charge in [0.25, 0.3) is 0 Å². The second kappa shape index (κ2) is 5.08. The zero-order valence-electron chi connectivity index (χ0n) is 15.2. The summed E-state index contributed by atoms with van der Waals surface area (Å²) in [5.41, 5.74) is 1.88. The molecule has 1 aliphatic heterocycles. The Balaban J connectivity index is 1.98. The molecule has 0 radical (unpaired) electrons. The second-order valence-corrected chi connectivity index (χ2v) is 7.39. The van der Waals surface area contributed by atoms with Crippen LogP contribution in [0.4, 0.5) is 0 Å². The van der Waals surface area contributed by atoms with Crippen LogP contribution >= 0.6 is 0 Å². The molecule has 0 aromatic heterocycles. The molecule has 0 fully saturated rings. The van der Waals surface area contributed by atoms with Gasteiger partial charge in [-0.15, -0.1) is 0 Å². The van der Waals surface area contributed by atoms with Gasteiger partial charge in [-0.3, -0.25) is 0 Å². The van der Waals surface area contributed by atoms with Gasteiger partial charge < -0.3 is 9.84 Å². The van der Waals surface area contributed by atoms with Crippen LogP contribution in [0.1, 0.15) is 36.6 Å². The number of esters is 2. The normalized spacial score (nSPS) is 13.7. The van der Waals surface area contributed by atoms with Gasteiger partial charge in [0.2, 0.25) is 0 Å². The van der Waals surface area contributed by atoms with E-state index < -0.39 is 17.9 Å². The molecule has 0 amide bonds. The van der Waals surface area contributed by atoms with Crippen molar-refractivity contribution in [3.05, 3.63) is 70.8 Å². The zero-order valence-corrected chi connectivity index (χ0v) is 15.2. The Labute approximate surface area is 163 Å². The van der Waals surface area contributed by atoms with E-state index in [0.717, 1.165) is 37.9 Å². The summed E-state index contributed by atoms with van der Waals surface area (Å²) in [4.78, 5) is 36.5. The summed E-state index contributed by atoms with van der Waals surface area (Å²) >= 11 is 0. The second-order valence-electron chi connectivity index (χ2n) is 7.39. The lowest BCUT2D eigenvalue weighted by Crippen LogP contribution is -2.19. The Morgan fingerprint density at radius 3 is 1.72 bits per heavy atom. The molecule has 0 saturated heterocycles. The van der Waals surface area contributed by atoms with Gasteiger partial charge in [-0.2, -0.15) is 0 Å². The van der Waals surface area contributed by atoms with Gasteiger partial charge in [-0.1, -0.05) is 30.3 Å². The van der Waals surface area contributed by atoms with Crippen molar-refractivity contribution in [1.82, 2.24) is 0 Å². The molecule has 5 aromatic carbocycles. The van der Waals surface area contributed by atoms with Crippen LogP contribution in [0.3, 0.4) is 0 Å². The topological polar surface area (TPSA) is 80.7 Å². The number of hydrogen-bond donors (Lipinski definition) is 1. The fourth-order valence-electron chi connectivity index (χ4n) is 4.77. The number of ether oxygens (including phenoxy) is 1. The highest BCUT2D eigenvalue weighted by atomic mass is 16.6. The van der Waals surface area contributed by atoms with Crippen LogP contribution in [0.2, 0.25) is 0 Å². The molecule has 138 valence electrons.